The zero-order valence-electron chi connectivity index (χ0n) is 10.8. The molecule has 0 saturated heterocycles. The fraction of sp³-hybridized carbons (Fsp3) is 0.417. The minimum Gasteiger partial charge on any atom is -0.496 e. The number of nitrogens with zero attached hydrogens (tertiary/aromatic N) is 2. The van der Waals surface area contributed by atoms with Gasteiger partial charge in [0.05, 0.1) is 23.7 Å². The minimum atomic E-state index is -0.550. The predicted molar refractivity (Wildman–Crippen MR) is 77.0 cm³/mol. The molecule has 0 aliphatic heterocycles. The van der Waals surface area contributed by atoms with Crippen LogP contribution in [0.2, 0.25) is 0 Å². The van der Waals surface area contributed by atoms with Crippen molar-refractivity contribution in [2.24, 2.45) is 0 Å². The van der Waals surface area contributed by atoms with Gasteiger partial charge in [0.2, 0.25) is 0 Å². The Kier molecular flexibility index (Phi) is 6.54. The smallest absolute Gasteiger partial charge is 0.273 e. The predicted octanol–water partition coefficient (Wildman–Crippen LogP) is 2.52. The van der Waals surface area contributed by atoms with E-state index in [4.69, 9.17) is 27.9 Å². The molecule has 8 heteroatoms. The quantitative estimate of drug-likeness (QED) is 0.439. The molecule has 0 saturated carbocycles. The highest BCUT2D eigenvalue weighted by atomic mass is 35.5. The number of non-ortho nitro benzene ring substituents is 1. The number of hydrogen-bond donors (Lipinski definition) is 0. The number of amides is 1. The Hall–Kier alpha value is -1.53. The normalized spacial score (nSPS) is 10.2. The fourth-order valence-electron chi connectivity index (χ4n) is 1.66. The molecule has 0 aromatic heterocycles. The van der Waals surface area contributed by atoms with E-state index in [2.05, 4.69) is 0 Å². The van der Waals surface area contributed by atoms with Crippen LogP contribution in [-0.4, -0.2) is 47.7 Å². The summed E-state index contributed by atoms with van der Waals surface area (Å²) in [4.78, 5) is 24.0. The minimum absolute atomic E-state index is 0.139. The second-order valence-corrected chi connectivity index (χ2v) is 4.57. The Labute approximate surface area is 126 Å². The third kappa shape index (κ3) is 3.98. The molecule has 0 fully saturated rings. The van der Waals surface area contributed by atoms with E-state index in [1.54, 1.807) is 0 Å². The van der Waals surface area contributed by atoms with E-state index in [-0.39, 0.29) is 34.7 Å². The van der Waals surface area contributed by atoms with Crippen molar-refractivity contribution in [3.05, 3.63) is 33.9 Å². The van der Waals surface area contributed by atoms with Crippen molar-refractivity contribution in [3.63, 3.8) is 0 Å². The maximum absolute atomic E-state index is 12.3. The molecular weight excluding hydrogens is 307 g/mol. The Balaban J connectivity index is 3.10. The molecule has 1 amide bonds. The summed E-state index contributed by atoms with van der Waals surface area (Å²) >= 11 is 11.3. The summed E-state index contributed by atoms with van der Waals surface area (Å²) in [5.41, 5.74) is 0.105. The second-order valence-electron chi connectivity index (χ2n) is 3.81. The van der Waals surface area contributed by atoms with Crippen molar-refractivity contribution in [3.8, 4) is 5.75 Å². The molecular formula is C12H14Cl2N2O4. The van der Waals surface area contributed by atoms with Gasteiger partial charge >= 0.3 is 0 Å². The zero-order chi connectivity index (χ0) is 15.1. The number of halogens is 2. The molecule has 1 rings (SSSR count). The largest absolute Gasteiger partial charge is 0.496 e. The summed E-state index contributed by atoms with van der Waals surface area (Å²) in [6.07, 6.45) is 0. The first-order valence-electron chi connectivity index (χ1n) is 5.78. The summed E-state index contributed by atoms with van der Waals surface area (Å²) < 4.78 is 5.05. The molecule has 1 aromatic rings. The van der Waals surface area contributed by atoms with Crippen LogP contribution in [0.15, 0.2) is 18.2 Å². The third-order valence-electron chi connectivity index (χ3n) is 2.62. The van der Waals surface area contributed by atoms with Crippen molar-refractivity contribution >= 4 is 34.8 Å². The molecule has 0 N–H and O–H groups in total. The van der Waals surface area contributed by atoms with E-state index in [0.717, 1.165) is 0 Å². The van der Waals surface area contributed by atoms with Crippen molar-refractivity contribution in [2.45, 2.75) is 0 Å². The van der Waals surface area contributed by atoms with Gasteiger partial charge in [-0.1, -0.05) is 0 Å². The lowest BCUT2D eigenvalue weighted by Crippen LogP contribution is -2.34. The molecule has 0 unspecified atom stereocenters. The second kappa shape index (κ2) is 7.91. The maximum Gasteiger partial charge on any atom is 0.273 e. The number of methoxy groups -OCH3 is 1. The number of ether oxygens (including phenoxy) is 1. The van der Waals surface area contributed by atoms with E-state index in [1.807, 2.05) is 0 Å². The van der Waals surface area contributed by atoms with Crippen LogP contribution < -0.4 is 4.74 Å². The zero-order valence-corrected chi connectivity index (χ0v) is 12.4. The Bertz CT molecular complexity index is 490. The number of carbonyl (C=O) groups is 1. The highest BCUT2D eigenvalue weighted by Gasteiger charge is 2.21. The topological polar surface area (TPSA) is 72.7 Å². The molecule has 0 bridgehead atoms. The molecule has 6 nitrogen and oxygen atoms in total. The van der Waals surface area contributed by atoms with Gasteiger partial charge in [0.25, 0.3) is 11.6 Å². The molecule has 0 heterocycles. The van der Waals surface area contributed by atoms with Gasteiger partial charge < -0.3 is 9.64 Å². The number of hydrogen-bond acceptors (Lipinski definition) is 4. The van der Waals surface area contributed by atoms with Crippen LogP contribution >= 0.6 is 23.2 Å². The van der Waals surface area contributed by atoms with Gasteiger partial charge in [0, 0.05) is 30.9 Å². The molecule has 110 valence electrons. The van der Waals surface area contributed by atoms with Crippen molar-refractivity contribution in [2.75, 3.05) is 32.0 Å². The van der Waals surface area contributed by atoms with Crippen LogP contribution in [0, 0.1) is 10.1 Å². The number of rotatable bonds is 7. The van der Waals surface area contributed by atoms with Crippen LogP contribution in [0.1, 0.15) is 10.4 Å². The molecule has 1 aromatic carbocycles. The van der Waals surface area contributed by atoms with Gasteiger partial charge in [0.15, 0.2) is 0 Å². The number of benzene rings is 1. The summed E-state index contributed by atoms with van der Waals surface area (Å²) in [6.45, 7) is 0.681. The van der Waals surface area contributed by atoms with Gasteiger partial charge in [-0.05, 0) is 6.07 Å². The number of nitro benzene ring substituents is 1. The average Bonchev–Trinajstić information content (AvgIpc) is 2.45. The Morgan fingerprint density at radius 3 is 2.40 bits per heavy atom. The number of nitro groups is 1. The summed E-state index contributed by atoms with van der Waals surface area (Å²) in [5, 5.41) is 10.7. The van der Waals surface area contributed by atoms with Crippen LogP contribution in [-0.2, 0) is 0 Å². The molecule has 0 radical (unpaired) electrons. The van der Waals surface area contributed by atoms with Gasteiger partial charge in [-0.15, -0.1) is 23.2 Å². The monoisotopic (exact) mass is 320 g/mol. The van der Waals surface area contributed by atoms with E-state index < -0.39 is 4.92 Å². The lowest BCUT2D eigenvalue weighted by atomic mass is 10.1. The van der Waals surface area contributed by atoms with Crippen molar-refractivity contribution in [1.29, 1.82) is 0 Å². The molecule has 20 heavy (non-hydrogen) atoms. The maximum atomic E-state index is 12.3. The van der Waals surface area contributed by atoms with Gasteiger partial charge in [0.1, 0.15) is 5.75 Å². The average molecular weight is 321 g/mol. The standard InChI is InChI=1S/C12H14Cl2N2O4/c1-20-11-8-9(16(18)19)2-3-10(11)12(17)15(6-4-13)7-5-14/h2-3,8H,4-7H2,1H3. The first-order valence-corrected chi connectivity index (χ1v) is 6.85. The molecule has 0 spiro atoms. The van der Waals surface area contributed by atoms with Crippen LogP contribution in [0.5, 0.6) is 5.75 Å². The lowest BCUT2D eigenvalue weighted by Gasteiger charge is -2.21. The van der Waals surface area contributed by atoms with Crippen LogP contribution in [0.25, 0.3) is 0 Å². The van der Waals surface area contributed by atoms with E-state index in [0.29, 0.717) is 13.1 Å². The SMILES string of the molecule is COc1cc([N+](=O)[O-])ccc1C(=O)N(CCCl)CCCl. The van der Waals surface area contributed by atoms with E-state index in [9.17, 15) is 14.9 Å². The Morgan fingerprint density at radius 1 is 1.35 bits per heavy atom. The van der Waals surface area contributed by atoms with Crippen molar-refractivity contribution in [1.82, 2.24) is 4.90 Å². The van der Waals surface area contributed by atoms with Crippen LogP contribution in [0.4, 0.5) is 5.69 Å². The highest BCUT2D eigenvalue weighted by molar-refractivity contribution is 6.18. The van der Waals surface area contributed by atoms with Crippen LogP contribution in [0.3, 0.4) is 0 Å². The van der Waals surface area contributed by atoms with Gasteiger partial charge in [-0.3, -0.25) is 14.9 Å². The Morgan fingerprint density at radius 2 is 1.95 bits per heavy atom. The molecule has 0 aliphatic rings. The molecule has 0 aliphatic carbocycles. The van der Waals surface area contributed by atoms with Crippen molar-refractivity contribution < 1.29 is 14.5 Å². The number of carbonyl (C=O) groups excluding carboxylic acids is 1. The lowest BCUT2D eigenvalue weighted by molar-refractivity contribution is -0.384. The first kappa shape index (κ1) is 16.5. The van der Waals surface area contributed by atoms with E-state index >= 15 is 0 Å². The highest BCUT2D eigenvalue weighted by Crippen LogP contribution is 2.25. The summed E-state index contributed by atoms with van der Waals surface area (Å²) in [6, 6.07) is 3.84. The number of alkyl halides is 2. The van der Waals surface area contributed by atoms with Gasteiger partial charge in [-0.2, -0.15) is 0 Å². The summed E-state index contributed by atoms with van der Waals surface area (Å²) in [7, 11) is 1.35. The van der Waals surface area contributed by atoms with E-state index in [1.165, 1.54) is 30.2 Å². The van der Waals surface area contributed by atoms with Gasteiger partial charge in [-0.25, -0.2) is 0 Å². The third-order valence-corrected chi connectivity index (χ3v) is 2.96. The summed E-state index contributed by atoms with van der Waals surface area (Å²) in [5.74, 6) is 0.381. The molecule has 0 atom stereocenters. The fourth-order valence-corrected chi connectivity index (χ4v) is 2.07. The first-order chi connectivity index (χ1) is 9.54.